The van der Waals surface area contributed by atoms with Crippen molar-refractivity contribution in [2.75, 3.05) is 12.4 Å². The van der Waals surface area contributed by atoms with Crippen LogP contribution in [-0.2, 0) is 15.6 Å². The van der Waals surface area contributed by atoms with E-state index in [1.54, 1.807) is 30.3 Å². The zero-order valence-corrected chi connectivity index (χ0v) is 18.3. The van der Waals surface area contributed by atoms with E-state index in [-0.39, 0.29) is 22.2 Å². The minimum absolute atomic E-state index is 0.0944. The monoisotopic (exact) mass is 465 g/mol. The summed E-state index contributed by atoms with van der Waals surface area (Å²) in [5, 5.41) is 2.37. The van der Waals surface area contributed by atoms with Crippen molar-refractivity contribution in [2.45, 2.75) is 17.8 Å². The second-order valence-electron chi connectivity index (χ2n) is 6.40. The Balaban J connectivity index is 1.91. The van der Waals surface area contributed by atoms with Crippen LogP contribution in [0.4, 0.5) is 5.69 Å². The molecule has 2 aromatic carbocycles. The number of aryl methyl sites for hydroxylation is 1. The second kappa shape index (κ2) is 8.99. The zero-order chi connectivity index (χ0) is 21.9. The largest absolute Gasteiger partial charge is 0.495 e. The number of hydrogen-bond acceptors (Lipinski definition) is 6. The molecular formula is C20H17Cl2N3O4S. The van der Waals surface area contributed by atoms with E-state index < -0.39 is 20.9 Å². The Labute approximate surface area is 184 Å². The molecule has 0 radical (unpaired) electrons. The van der Waals surface area contributed by atoms with Crippen LogP contribution >= 0.6 is 23.2 Å². The van der Waals surface area contributed by atoms with Gasteiger partial charge in [0.15, 0.2) is 5.69 Å². The number of ether oxygens (including phenoxy) is 1. The Kier molecular flexibility index (Phi) is 6.60. The molecule has 0 spiro atoms. The van der Waals surface area contributed by atoms with Gasteiger partial charge in [-0.2, -0.15) is 0 Å². The minimum Gasteiger partial charge on any atom is -0.495 e. The number of halogens is 2. The fourth-order valence-electron chi connectivity index (χ4n) is 2.71. The Morgan fingerprint density at radius 2 is 1.93 bits per heavy atom. The fraction of sp³-hybridized carbons (Fsp3) is 0.150. The molecule has 0 saturated heterocycles. The van der Waals surface area contributed by atoms with Crippen molar-refractivity contribution in [3.05, 3.63) is 75.5 Å². The quantitative estimate of drug-likeness (QED) is 0.544. The van der Waals surface area contributed by atoms with E-state index in [0.717, 1.165) is 11.8 Å². The van der Waals surface area contributed by atoms with Crippen molar-refractivity contribution in [3.8, 4) is 5.75 Å². The number of rotatable bonds is 6. The summed E-state index contributed by atoms with van der Waals surface area (Å²) in [6.45, 7) is 1.86. The van der Waals surface area contributed by atoms with Gasteiger partial charge in [-0.15, -0.1) is 0 Å². The molecule has 7 nitrogen and oxygen atoms in total. The fourth-order valence-corrected chi connectivity index (χ4v) is 4.25. The predicted molar refractivity (Wildman–Crippen MR) is 115 cm³/mol. The maximum absolute atomic E-state index is 12.8. The van der Waals surface area contributed by atoms with Crippen molar-refractivity contribution in [1.29, 1.82) is 0 Å². The van der Waals surface area contributed by atoms with Gasteiger partial charge in [-0.3, -0.25) is 4.79 Å². The van der Waals surface area contributed by atoms with Crippen LogP contribution in [0, 0.1) is 6.92 Å². The third-order valence-electron chi connectivity index (χ3n) is 4.06. The first-order valence-electron chi connectivity index (χ1n) is 8.65. The zero-order valence-electron chi connectivity index (χ0n) is 16.0. The molecule has 1 heterocycles. The number of anilines is 1. The van der Waals surface area contributed by atoms with Gasteiger partial charge < -0.3 is 10.1 Å². The first-order valence-corrected chi connectivity index (χ1v) is 11.1. The average molecular weight is 466 g/mol. The van der Waals surface area contributed by atoms with Crippen LogP contribution < -0.4 is 10.1 Å². The summed E-state index contributed by atoms with van der Waals surface area (Å²) >= 11 is 12.0. The number of sulfone groups is 1. The van der Waals surface area contributed by atoms with Gasteiger partial charge in [0.1, 0.15) is 5.75 Å². The number of nitrogens with zero attached hydrogens (tertiary/aromatic N) is 2. The van der Waals surface area contributed by atoms with E-state index in [1.165, 1.54) is 13.2 Å². The topological polar surface area (TPSA) is 98.2 Å². The number of amides is 1. The van der Waals surface area contributed by atoms with Crippen molar-refractivity contribution < 1.29 is 17.9 Å². The molecule has 10 heteroatoms. The summed E-state index contributed by atoms with van der Waals surface area (Å²) in [4.78, 5) is 20.4. The number of benzene rings is 2. The number of nitrogens with one attached hydrogen (secondary N) is 1. The molecule has 0 unspecified atom stereocenters. The van der Waals surface area contributed by atoms with Crippen molar-refractivity contribution in [2.24, 2.45) is 0 Å². The molecule has 3 rings (SSSR count). The highest BCUT2D eigenvalue weighted by Gasteiger charge is 2.23. The van der Waals surface area contributed by atoms with Gasteiger partial charge in [0.2, 0.25) is 15.0 Å². The van der Waals surface area contributed by atoms with E-state index in [0.29, 0.717) is 16.3 Å². The SMILES string of the molecule is COc1ccc(Cl)cc1NC(=O)c1nc(S(=O)(=O)Cc2cccc(C)c2)ncc1Cl. The molecule has 0 aliphatic heterocycles. The molecule has 1 amide bonds. The van der Waals surface area contributed by atoms with Crippen molar-refractivity contribution in [3.63, 3.8) is 0 Å². The molecule has 1 aromatic heterocycles. The Bertz CT molecular complexity index is 1220. The summed E-state index contributed by atoms with van der Waals surface area (Å²) in [6, 6.07) is 11.7. The van der Waals surface area contributed by atoms with Gasteiger partial charge in [0.25, 0.3) is 5.91 Å². The van der Waals surface area contributed by atoms with Crippen LogP contribution in [-0.4, -0.2) is 31.4 Å². The molecule has 0 aliphatic rings. The smallest absolute Gasteiger partial charge is 0.276 e. The first-order chi connectivity index (χ1) is 14.2. The lowest BCUT2D eigenvalue weighted by molar-refractivity contribution is 0.102. The molecule has 0 bridgehead atoms. The summed E-state index contributed by atoms with van der Waals surface area (Å²) in [5.74, 6) is -0.667. The summed E-state index contributed by atoms with van der Waals surface area (Å²) in [7, 11) is -2.46. The van der Waals surface area contributed by atoms with Gasteiger partial charge in [-0.05, 0) is 30.7 Å². The standard InChI is InChI=1S/C20H17Cl2N3O4S/c1-12-4-3-5-13(8-12)11-30(27,28)20-23-10-15(22)18(25-20)19(26)24-16-9-14(21)6-7-17(16)29-2/h3-10H,11H2,1-2H3,(H,24,26). The number of carbonyl (C=O) groups is 1. The highest BCUT2D eigenvalue weighted by Crippen LogP contribution is 2.28. The van der Waals surface area contributed by atoms with Gasteiger partial charge in [0, 0.05) is 5.02 Å². The summed E-state index contributed by atoms with van der Waals surface area (Å²) in [6.07, 6.45) is 1.09. The van der Waals surface area contributed by atoms with Crippen LogP contribution in [0.5, 0.6) is 5.75 Å². The Hall–Kier alpha value is -2.68. The van der Waals surface area contributed by atoms with E-state index in [2.05, 4.69) is 15.3 Å². The highest BCUT2D eigenvalue weighted by atomic mass is 35.5. The van der Waals surface area contributed by atoms with Gasteiger partial charge in [0.05, 0.1) is 29.8 Å². The van der Waals surface area contributed by atoms with E-state index in [1.807, 2.05) is 13.0 Å². The van der Waals surface area contributed by atoms with E-state index in [4.69, 9.17) is 27.9 Å². The lowest BCUT2D eigenvalue weighted by Crippen LogP contribution is -2.18. The van der Waals surface area contributed by atoms with Crippen molar-refractivity contribution in [1.82, 2.24) is 9.97 Å². The minimum atomic E-state index is -3.90. The third-order valence-corrected chi connectivity index (χ3v) is 6.04. The average Bonchev–Trinajstić information content (AvgIpc) is 2.68. The number of hydrogen-bond donors (Lipinski definition) is 1. The Morgan fingerprint density at radius 1 is 1.17 bits per heavy atom. The molecule has 1 N–H and O–H groups in total. The van der Waals surface area contributed by atoms with E-state index in [9.17, 15) is 13.2 Å². The second-order valence-corrected chi connectivity index (χ2v) is 9.12. The maximum Gasteiger partial charge on any atom is 0.276 e. The Morgan fingerprint density at radius 3 is 2.63 bits per heavy atom. The summed E-state index contributed by atoms with van der Waals surface area (Å²) in [5.41, 5.74) is 1.52. The molecular weight excluding hydrogens is 449 g/mol. The van der Waals surface area contributed by atoms with Crippen LogP contribution in [0.2, 0.25) is 10.0 Å². The third kappa shape index (κ3) is 5.08. The highest BCUT2D eigenvalue weighted by molar-refractivity contribution is 7.90. The molecule has 30 heavy (non-hydrogen) atoms. The van der Waals surface area contributed by atoms with Crippen molar-refractivity contribution >= 4 is 44.6 Å². The lowest BCUT2D eigenvalue weighted by Gasteiger charge is -2.11. The number of methoxy groups -OCH3 is 1. The molecule has 156 valence electrons. The maximum atomic E-state index is 12.8. The van der Waals surface area contributed by atoms with Gasteiger partial charge in [-0.1, -0.05) is 53.0 Å². The normalized spacial score (nSPS) is 11.2. The van der Waals surface area contributed by atoms with E-state index >= 15 is 0 Å². The van der Waals surface area contributed by atoms with Crippen LogP contribution in [0.3, 0.4) is 0 Å². The van der Waals surface area contributed by atoms with Gasteiger partial charge >= 0.3 is 0 Å². The molecule has 0 atom stereocenters. The molecule has 0 aliphatic carbocycles. The number of carbonyl (C=O) groups excluding carboxylic acids is 1. The predicted octanol–water partition coefficient (Wildman–Crippen LogP) is 4.33. The molecule has 0 fully saturated rings. The lowest BCUT2D eigenvalue weighted by atomic mass is 10.2. The molecule has 0 saturated carbocycles. The van der Waals surface area contributed by atoms with Crippen LogP contribution in [0.25, 0.3) is 0 Å². The first kappa shape index (κ1) is 22.0. The van der Waals surface area contributed by atoms with Gasteiger partial charge in [-0.25, -0.2) is 18.4 Å². The number of aromatic nitrogens is 2. The van der Waals surface area contributed by atoms with Crippen LogP contribution in [0.1, 0.15) is 21.6 Å². The van der Waals surface area contributed by atoms with Crippen LogP contribution in [0.15, 0.2) is 53.8 Å². The summed E-state index contributed by atoms with van der Waals surface area (Å²) < 4.78 is 30.7. The molecule has 3 aromatic rings.